The lowest BCUT2D eigenvalue weighted by atomic mass is 10.3. The lowest BCUT2D eigenvalue weighted by Crippen LogP contribution is -2.24. The molecule has 2 rings (SSSR count). The molecule has 0 aliphatic carbocycles. The number of benzene rings is 1. The summed E-state index contributed by atoms with van der Waals surface area (Å²) in [6, 6.07) is 6.04. The largest absolute Gasteiger partial charge is 0.478 e. The zero-order valence-corrected chi connectivity index (χ0v) is 12.2. The van der Waals surface area contributed by atoms with Crippen molar-refractivity contribution in [2.24, 2.45) is 0 Å². The first-order valence-corrected chi connectivity index (χ1v) is 7.80. The van der Waals surface area contributed by atoms with Crippen molar-refractivity contribution in [3.05, 3.63) is 42.2 Å². The molecule has 2 aromatic rings. The van der Waals surface area contributed by atoms with Gasteiger partial charge in [-0.05, 0) is 30.7 Å². The van der Waals surface area contributed by atoms with Gasteiger partial charge in [-0.1, -0.05) is 6.92 Å². The van der Waals surface area contributed by atoms with E-state index in [2.05, 4.69) is 9.82 Å². The van der Waals surface area contributed by atoms with E-state index in [1.54, 1.807) is 12.1 Å². The number of nitrogens with zero attached hydrogens (tertiary/aromatic N) is 2. The van der Waals surface area contributed by atoms with Gasteiger partial charge in [0.2, 0.25) is 10.0 Å². The molecule has 7 nitrogen and oxygen atoms in total. The van der Waals surface area contributed by atoms with Crippen molar-refractivity contribution in [1.82, 2.24) is 14.5 Å². The Balaban J connectivity index is 2.24. The molecular weight excluding hydrogens is 294 g/mol. The standard InChI is InChI=1S/C13H15N3O4S/c1-2-7-15-21(19,20)12-5-3-11(4-6-12)16-9-10(8-14-16)13(17)18/h3-6,8-9,15H,2,7H2,1H3,(H,17,18). The van der Waals surface area contributed by atoms with E-state index >= 15 is 0 Å². The number of aromatic carboxylic acids is 1. The summed E-state index contributed by atoms with van der Waals surface area (Å²) in [7, 11) is -3.50. The third-order valence-corrected chi connectivity index (χ3v) is 4.26. The molecule has 2 N–H and O–H groups in total. The highest BCUT2D eigenvalue weighted by Gasteiger charge is 2.13. The van der Waals surface area contributed by atoms with E-state index in [9.17, 15) is 13.2 Å². The molecule has 21 heavy (non-hydrogen) atoms. The molecule has 0 saturated carbocycles. The fraction of sp³-hybridized carbons (Fsp3) is 0.231. The van der Waals surface area contributed by atoms with Crippen molar-refractivity contribution in [3.63, 3.8) is 0 Å². The highest BCUT2D eigenvalue weighted by molar-refractivity contribution is 7.89. The van der Waals surface area contributed by atoms with E-state index in [4.69, 9.17) is 5.11 Å². The van der Waals surface area contributed by atoms with Crippen LogP contribution in [0.4, 0.5) is 0 Å². The molecule has 1 aromatic carbocycles. The summed E-state index contributed by atoms with van der Waals surface area (Å²) in [6.45, 7) is 2.26. The second-order valence-electron chi connectivity index (χ2n) is 4.37. The molecule has 112 valence electrons. The molecule has 0 aliphatic heterocycles. The first-order chi connectivity index (χ1) is 9.94. The second kappa shape index (κ2) is 6.06. The predicted octanol–water partition coefficient (Wildman–Crippen LogP) is 1.26. The summed E-state index contributed by atoms with van der Waals surface area (Å²) >= 11 is 0. The fourth-order valence-corrected chi connectivity index (χ4v) is 2.81. The van der Waals surface area contributed by atoms with Crippen LogP contribution in [0.25, 0.3) is 5.69 Å². The molecular formula is C13H15N3O4S. The Morgan fingerprint density at radius 3 is 2.52 bits per heavy atom. The number of carboxylic acid groups (broad SMARTS) is 1. The maximum atomic E-state index is 11.9. The zero-order chi connectivity index (χ0) is 15.5. The van der Waals surface area contributed by atoms with Crippen molar-refractivity contribution in [2.75, 3.05) is 6.54 Å². The van der Waals surface area contributed by atoms with Crippen LogP contribution in [-0.2, 0) is 10.0 Å². The minimum atomic E-state index is -3.50. The number of carboxylic acids is 1. The molecule has 0 unspecified atom stereocenters. The molecule has 0 radical (unpaired) electrons. The summed E-state index contributed by atoms with van der Waals surface area (Å²) in [5.74, 6) is -1.07. The fourth-order valence-electron chi connectivity index (χ4n) is 1.67. The molecule has 0 amide bonds. The van der Waals surface area contributed by atoms with Gasteiger partial charge < -0.3 is 5.11 Å². The first kappa shape index (κ1) is 15.2. The third kappa shape index (κ3) is 3.47. The minimum Gasteiger partial charge on any atom is -0.478 e. The van der Waals surface area contributed by atoms with Gasteiger partial charge in [-0.25, -0.2) is 22.6 Å². The van der Waals surface area contributed by atoms with Gasteiger partial charge in [-0.2, -0.15) is 5.10 Å². The maximum absolute atomic E-state index is 11.9. The van der Waals surface area contributed by atoms with Crippen LogP contribution < -0.4 is 4.72 Å². The van der Waals surface area contributed by atoms with Crippen LogP contribution in [-0.4, -0.2) is 35.8 Å². The topological polar surface area (TPSA) is 101 Å². The van der Waals surface area contributed by atoms with Crippen LogP contribution in [0.15, 0.2) is 41.6 Å². The number of nitrogens with one attached hydrogen (secondary N) is 1. The van der Waals surface area contributed by atoms with Crippen LogP contribution in [0.2, 0.25) is 0 Å². The highest BCUT2D eigenvalue weighted by Crippen LogP contribution is 2.14. The van der Waals surface area contributed by atoms with E-state index < -0.39 is 16.0 Å². The van der Waals surface area contributed by atoms with Crippen LogP contribution in [0.1, 0.15) is 23.7 Å². The van der Waals surface area contributed by atoms with Gasteiger partial charge in [0.25, 0.3) is 0 Å². The summed E-state index contributed by atoms with van der Waals surface area (Å²) in [5.41, 5.74) is 0.647. The molecule has 0 spiro atoms. The quantitative estimate of drug-likeness (QED) is 0.836. The molecule has 8 heteroatoms. The molecule has 0 fully saturated rings. The van der Waals surface area contributed by atoms with Crippen LogP contribution in [0.5, 0.6) is 0 Å². The first-order valence-electron chi connectivity index (χ1n) is 6.32. The summed E-state index contributed by atoms with van der Waals surface area (Å²) < 4.78 is 27.7. The van der Waals surface area contributed by atoms with Crippen molar-refractivity contribution < 1.29 is 18.3 Å². The van der Waals surface area contributed by atoms with Crippen molar-refractivity contribution >= 4 is 16.0 Å². The summed E-state index contributed by atoms with van der Waals surface area (Å²) in [6.07, 6.45) is 3.31. The van der Waals surface area contributed by atoms with Gasteiger partial charge in [0.15, 0.2) is 0 Å². The number of hydrogen-bond acceptors (Lipinski definition) is 4. The minimum absolute atomic E-state index is 0.0660. The van der Waals surface area contributed by atoms with E-state index in [0.29, 0.717) is 18.7 Å². The van der Waals surface area contributed by atoms with Crippen molar-refractivity contribution in [1.29, 1.82) is 0 Å². The number of rotatable bonds is 6. The number of sulfonamides is 1. The van der Waals surface area contributed by atoms with Gasteiger partial charge in [0.05, 0.1) is 22.3 Å². The van der Waals surface area contributed by atoms with E-state index in [1.165, 1.54) is 29.2 Å². The monoisotopic (exact) mass is 309 g/mol. The average molecular weight is 309 g/mol. The molecule has 1 heterocycles. The number of aromatic nitrogens is 2. The Bertz CT molecular complexity index is 735. The van der Waals surface area contributed by atoms with Crippen LogP contribution >= 0.6 is 0 Å². The normalized spacial score (nSPS) is 11.5. The van der Waals surface area contributed by atoms with Gasteiger partial charge >= 0.3 is 5.97 Å². The average Bonchev–Trinajstić information content (AvgIpc) is 2.95. The predicted molar refractivity (Wildman–Crippen MR) is 76.0 cm³/mol. The van der Waals surface area contributed by atoms with Gasteiger partial charge in [-0.15, -0.1) is 0 Å². The SMILES string of the molecule is CCCNS(=O)(=O)c1ccc(-n2cc(C(=O)O)cn2)cc1. The second-order valence-corrected chi connectivity index (χ2v) is 6.14. The Labute approximate surface area is 122 Å². The van der Waals surface area contributed by atoms with Gasteiger partial charge in [0.1, 0.15) is 0 Å². The highest BCUT2D eigenvalue weighted by atomic mass is 32.2. The summed E-state index contributed by atoms with van der Waals surface area (Å²) in [4.78, 5) is 10.9. The zero-order valence-electron chi connectivity index (χ0n) is 11.4. The van der Waals surface area contributed by atoms with E-state index in [-0.39, 0.29) is 10.5 Å². The molecule has 0 saturated heterocycles. The Morgan fingerprint density at radius 2 is 2.00 bits per heavy atom. The lowest BCUT2D eigenvalue weighted by Gasteiger charge is -2.06. The maximum Gasteiger partial charge on any atom is 0.338 e. The molecule has 0 aliphatic rings. The molecule has 0 bridgehead atoms. The van der Waals surface area contributed by atoms with Crippen LogP contribution in [0.3, 0.4) is 0 Å². The molecule has 0 atom stereocenters. The Kier molecular flexibility index (Phi) is 4.39. The smallest absolute Gasteiger partial charge is 0.338 e. The summed E-state index contributed by atoms with van der Waals surface area (Å²) in [5, 5.41) is 12.8. The lowest BCUT2D eigenvalue weighted by molar-refractivity contribution is 0.0697. The van der Waals surface area contributed by atoms with Crippen molar-refractivity contribution in [3.8, 4) is 5.69 Å². The van der Waals surface area contributed by atoms with E-state index in [0.717, 1.165) is 0 Å². The Hall–Kier alpha value is -2.19. The van der Waals surface area contributed by atoms with Crippen LogP contribution in [0, 0.1) is 0 Å². The van der Waals surface area contributed by atoms with Crippen molar-refractivity contribution in [2.45, 2.75) is 18.2 Å². The van der Waals surface area contributed by atoms with Gasteiger partial charge in [-0.3, -0.25) is 0 Å². The Morgan fingerprint density at radius 1 is 1.33 bits per heavy atom. The van der Waals surface area contributed by atoms with E-state index in [1.807, 2.05) is 6.92 Å². The third-order valence-electron chi connectivity index (χ3n) is 2.78. The van der Waals surface area contributed by atoms with Gasteiger partial charge in [0, 0.05) is 12.7 Å². The molecule has 1 aromatic heterocycles. The number of carbonyl (C=O) groups is 1. The number of hydrogen-bond donors (Lipinski definition) is 2.